The molecule has 0 aromatic rings. The minimum absolute atomic E-state index is 0.427. The first-order chi connectivity index (χ1) is 7.91. The van der Waals surface area contributed by atoms with E-state index in [1.807, 2.05) is 0 Å². The van der Waals surface area contributed by atoms with Gasteiger partial charge in [-0.2, -0.15) is 0 Å². The monoisotopic (exact) mass is 226 g/mol. The van der Waals surface area contributed by atoms with Gasteiger partial charge >= 0.3 is 0 Å². The largest absolute Gasteiger partial charge is 0.359 e. The minimum atomic E-state index is 0.427. The average Bonchev–Trinajstić information content (AvgIpc) is 2.31. The van der Waals surface area contributed by atoms with E-state index >= 15 is 0 Å². The van der Waals surface area contributed by atoms with Gasteiger partial charge in [-0.25, -0.2) is 0 Å². The van der Waals surface area contributed by atoms with E-state index in [4.69, 9.17) is 9.47 Å². The summed E-state index contributed by atoms with van der Waals surface area (Å²) >= 11 is 0. The van der Waals surface area contributed by atoms with Crippen molar-refractivity contribution in [1.29, 1.82) is 0 Å². The number of methoxy groups -OCH3 is 1. The normalized spacial score (nSPS) is 9.88. The van der Waals surface area contributed by atoms with Gasteiger partial charge in [0.1, 0.15) is 6.79 Å². The molecule has 0 N–H and O–H groups in total. The average molecular weight is 226 g/mol. The Labute approximate surface area is 101 Å². The Morgan fingerprint density at radius 2 is 1.56 bits per heavy atom. The SMILES string of the molecule is CCC#CCCCCCCCCOCOC. The van der Waals surface area contributed by atoms with Crippen LogP contribution in [0.4, 0.5) is 0 Å². The summed E-state index contributed by atoms with van der Waals surface area (Å²) in [5, 5.41) is 0. The van der Waals surface area contributed by atoms with Crippen LogP contribution in [-0.2, 0) is 9.47 Å². The van der Waals surface area contributed by atoms with E-state index in [-0.39, 0.29) is 0 Å². The molecule has 0 aromatic heterocycles. The fourth-order valence-electron chi connectivity index (χ4n) is 1.48. The summed E-state index contributed by atoms with van der Waals surface area (Å²) in [5.41, 5.74) is 0. The van der Waals surface area contributed by atoms with E-state index in [9.17, 15) is 0 Å². The van der Waals surface area contributed by atoms with E-state index in [0.717, 1.165) is 25.9 Å². The van der Waals surface area contributed by atoms with Crippen LogP contribution in [0.5, 0.6) is 0 Å². The lowest BCUT2D eigenvalue weighted by molar-refractivity contribution is -0.0315. The Morgan fingerprint density at radius 1 is 0.875 bits per heavy atom. The molecular weight excluding hydrogens is 200 g/mol. The number of hydrogen-bond donors (Lipinski definition) is 0. The number of unbranched alkanes of at least 4 members (excludes halogenated alkanes) is 6. The van der Waals surface area contributed by atoms with Gasteiger partial charge in [0.15, 0.2) is 0 Å². The van der Waals surface area contributed by atoms with E-state index in [1.54, 1.807) is 7.11 Å². The van der Waals surface area contributed by atoms with Crippen LogP contribution < -0.4 is 0 Å². The zero-order valence-electron chi connectivity index (χ0n) is 10.9. The maximum Gasteiger partial charge on any atom is 0.146 e. The van der Waals surface area contributed by atoms with Gasteiger partial charge in [0.2, 0.25) is 0 Å². The van der Waals surface area contributed by atoms with Crippen LogP contribution in [0.1, 0.15) is 58.3 Å². The predicted octanol–water partition coefficient (Wildman–Crippen LogP) is 3.75. The van der Waals surface area contributed by atoms with E-state index < -0.39 is 0 Å². The number of hydrogen-bond acceptors (Lipinski definition) is 2. The molecule has 0 amide bonds. The number of ether oxygens (including phenoxy) is 2. The Morgan fingerprint density at radius 3 is 2.25 bits per heavy atom. The third kappa shape index (κ3) is 13.5. The second kappa shape index (κ2) is 14.5. The first-order valence-corrected chi connectivity index (χ1v) is 6.44. The highest BCUT2D eigenvalue weighted by Gasteiger charge is 1.91. The summed E-state index contributed by atoms with van der Waals surface area (Å²) in [7, 11) is 1.65. The van der Waals surface area contributed by atoms with Gasteiger partial charge in [0.25, 0.3) is 0 Å². The van der Waals surface area contributed by atoms with Gasteiger partial charge in [-0.15, -0.1) is 11.8 Å². The van der Waals surface area contributed by atoms with Crippen LogP contribution in [0, 0.1) is 11.8 Å². The molecule has 0 aliphatic rings. The van der Waals surface area contributed by atoms with Crippen LogP contribution in [0.25, 0.3) is 0 Å². The second-order valence-corrected chi connectivity index (χ2v) is 3.89. The molecule has 0 rings (SSSR count). The molecule has 2 heteroatoms. The lowest BCUT2D eigenvalue weighted by atomic mass is 10.1. The molecule has 2 nitrogen and oxygen atoms in total. The fraction of sp³-hybridized carbons (Fsp3) is 0.857. The number of rotatable bonds is 10. The van der Waals surface area contributed by atoms with E-state index in [0.29, 0.717) is 6.79 Å². The van der Waals surface area contributed by atoms with Crippen LogP contribution in [0.2, 0.25) is 0 Å². The zero-order valence-corrected chi connectivity index (χ0v) is 10.9. The van der Waals surface area contributed by atoms with Crippen LogP contribution in [0.15, 0.2) is 0 Å². The van der Waals surface area contributed by atoms with Crippen molar-refractivity contribution in [1.82, 2.24) is 0 Å². The summed E-state index contributed by atoms with van der Waals surface area (Å²) < 4.78 is 10.0. The highest BCUT2D eigenvalue weighted by Crippen LogP contribution is 2.06. The van der Waals surface area contributed by atoms with Gasteiger partial charge in [-0.3, -0.25) is 0 Å². The first-order valence-electron chi connectivity index (χ1n) is 6.44. The molecule has 0 spiro atoms. The molecule has 0 saturated carbocycles. The van der Waals surface area contributed by atoms with Crippen molar-refractivity contribution in [3.05, 3.63) is 0 Å². The zero-order chi connectivity index (χ0) is 11.9. The van der Waals surface area contributed by atoms with E-state index in [1.165, 1.54) is 32.1 Å². The minimum Gasteiger partial charge on any atom is -0.359 e. The van der Waals surface area contributed by atoms with Gasteiger partial charge in [0.05, 0.1) is 0 Å². The maximum absolute atomic E-state index is 5.21. The molecule has 94 valence electrons. The Balaban J connectivity index is 2.93. The molecule has 0 saturated heterocycles. The molecule has 0 aliphatic heterocycles. The molecule has 0 fully saturated rings. The molecule has 0 aromatic carbocycles. The third-order valence-corrected chi connectivity index (χ3v) is 2.34. The standard InChI is InChI=1S/C14H26O2/c1-3-4-5-6-7-8-9-10-11-12-13-16-14-15-2/h3,6-14H2,1-2H3. The van der Waals surface area contributed by atoms with Crippen molar-refractivity contribution in [2.45, 2.75) is 58.3 Å². The lowest BCUT2D eigenvalue weighted by Gasteiger charge is -2.02. The predicted molar refractivity (Wildman–Crippen MR) is 68.2 cm³/mol. The van der Waals surface area contributed by atoms with E-state index in [2.05, 4.69) is 18.8 Å². The Kier molecular flexibility index (Phi) is 14.0. The third-order valence-electron chi connectivity index (χ3n) is 2.34. The summed E-state index contributed by atoms with van der Waals surface area (Å²) in [6.45, 7) is 3.35. The summed E-state index contributed by atoms with van der Waals surface area (Å²) in [6, 6.07) is 0. The highest BCUT2D eigenvalue weighted by atomic mass is 16.7. The smallest absolute Gasteiger partial charge is 0.146 e. The molecular formula is C14H26O2. The quantitative estimate of drug-likeness (QED) is 0.321. The second-order valence-electron chi connectivity index (χ2n) is 3.89. The van der Waals surface area contributed by atoms with Crippen molar-refractivity contribution < 1.29 is 9.47 Å². The van der Waals surface area contributed by atoms with Gasteiger partial charge < -0.3 is 9.47 Å². The molecule has 0 aliphatic carbocycles. The van der Waals surface area contributed by atoms with Crippen LogP contribution >= 0.6 is 0 Å². The van der Waals surface area contributed by atoms with Crippen molar-refractivity contribution >= 4 is 0 Å². The van der Waals surface area contributed by atoms with Crippen LogP contribution in [-0.4, -0.2) is 20.5 Å². The highest BCUT2D eigenvalue weighted by molar-refractivity contribution is 4.97. The first kappa shape index (κ1) is 15.5. The van der Waals surface area contributed by atoms with Gasteiger partial charge in [0, 0.05) is 26.6 Å². The Hall–Kier alpha value is -0.520. The van der Waals surface area contributed by atoms with Crippen molar-refractivity contribution in [2.75, 3.05) is 20.5 Å². The van der Waals surface area contributed by atoms with Crippen molar-refractivity contribution in [3.8, 4) is 11.8 Å². The maximum atomic E-state index is 5.21. The van der Waals surface area contributed by atoms with Gasteiger partial charge in [-0.05, 0) is 12.8 Å². The summed E-state index contributed by atoms with van der Waals surface area (Å²) in [5.74, 6) is 6.28. The molecule has 0 radical (unpaired) electrons. The molecule has 0 bridgehead atoms. The van der Waals surface area contributed by atoms with Gasteiger partial charge in [-0.1, -0.05) is 32.6 Å². The summed E-state index contributed by atoms with van der Waals surface area (Å²) in [4.78, 5) is 0. The molecule has 16 heavy (non-hydrogen) atoms. The topological polar surface area (TPSA) is 18.5 Å². The summed E-state index contributed by atoms with van der Waals surface area (Å²) in [6.07, 6.45) is 9.70. The van der Waals surface area contributed by atoms with Crippen LogP contribution in [0.3, 0.4) is 0 Å². The molecule has 0 unspecified atom stereocenters. The Bertz CT molecular complexity index is 179. The molecule has 0 atom stereocenters. The van der Waals surface area contributed by atoms with Crippen molar-refractivity contribution in [2.24, 2.45) is 0 Å². The molecule has 0 heterocycles. The fourth-order valence-corrected chi connectivity index (χ4v) is 1.48. The van der Waals surface area contributed by atoms with Crippen molar-refractivity contribution in [3.63, 3.8) is 0 Å². The lowest BCUT2D eigenvalue weighted by Crippen LogP contribution is -1.98.